The van der Waals surface area contributed by atoms with Crippen molar-refractivity contribution in [2.45, 2.75) is 45.2 Å². The van der Waals surface area contributed by atoms with Crippen molar-refractivity contribution in [1.29, 1.82) is 0 Å². The van der Waals surface area contributed by atoms with Crippen LogP contribution in [0.3, 0.4) is 0 Å². The standard InChI is InChI=1S/C15H21NO2/c1-3-11(2)16(10-15(17)18)14-9-8-12-6-4-5-7-13(12)14/h4-7,11,14H,3,8-10H2,1-2H3,(H,17,18). The number of nitrogens with zero attached hydrogens (tertiary/aromatic N) is 1. The summed E-state index contributed by atoms with van der Waals surface area (Å²) in [6, 6.07) is 8.98. The van der Waals surface area contributed by atoms with E-state index < -0.39 is 5.97 Å². The van der Waals surface area contributed by atoms with E-state index >= 15 is 0 Å². The summed E-state index contributed by atoms with van der Waals surface area (Å²) >= 11 is 0. The molecule has 1 aliphatic carbocycles. The SMILES string of the molecule is CCC(C)N(CC(=O)O)C1CCc2ccccc21. The van der Waals surface area contributed by atoms with Crippen LogP contribution in [0.1, 0.15) is 43.9 Å². The number of hydrogen-bond donors (Lipinski definition) is 1. The van der Waals surface area contributed by atoms with Crippen molar-refractivity contribution < 1.29 is 9.90 Å². The number of rotatable bonds is 5. The van der Waals surface area contributed by atoms with Gasteiger partial charge in [-0.15, -0.1) is 0 Å². The van der Waals surface area contributed by atoms with Gasteiger partial charge in [0.1, 0.15) is 0 Å². The summed E-state index contributed by atoms with van der Waals surface area (Å²) in [4.78, 5) is 13.2. The normalized spacial score (nSPS) is 19.8. The molecule has 3 heteroatoms. The summed E-state index contributed by atoms with van der Waals surface area (Å²) in [6.45, 7) is 4.36. The van der Waals surface area contributed by atoms with Crippen LogP contribution in [0.15, 0.2) is 24.3 Å². The minimum Gasteiger partial charge on any atom is -0.480 e. The van der Waals surface area contributed by atoms with Crippen LogP contribution in [-0.4, -0.2) is 28.6 Å². The Morgan fingerprint density at radius 1 is 1.50 bits per heavy atom. The van der Waals surface area contributed by atoms with E-state index in [0.29, 0.717) is 6.04 Å². The maximum atomic E-state index is 11.1. The maximum Gasteiger partial charge on any atom is 0.317 e. The number of carboxylic acid groups (broad SMARTS) is 1. The third-order valence-electron chi connectivity index (χ3n) is 3.98. The fourth-order valence-electron chi connectivity index (χ4n) is 2.84. The summed E-state index contributed by atoms with van der Waals surface area (Å²) in [5.74, 6) is -0.736. The van der Waals surface area contributed by atoms with E-state index in [1.54, 1.807) is 0 Å². The van der Waals surface area contributed by atoms with E-state index in [2.05, 4.69) is 36.9 Å². The van der Waals surface area contributed by atoms with Crippen molar-refractivity contribution in [2.75, 3.05) is 6.54 Å². The molecule has 0 aromatic heterocycles. The molecule has 0 saturated carbocycles. The average Bonchev–Trinajstić information content (AvgIpc) is 2.78. The molecule has 18 heavy (non-hydrogen) atoms. The van der Waals surface area contributed by atoms with Crippen molar-refractivity contribution in [2.24, 2.45) is 0 Å². The molecule has 0 fully saturated rings. The Kier molecular flexibility index (Phi) is 4.02. The van der Waals surface area contributed by atoms with E-state index in [9.17, 15) is 4.79 Å². The molecule has 1 aromatic carbocycles. The molecular weight excluding hydrogens is 226 g/mol. The van der Waals surface area contributed by atoms with Gasteiger partial charge in [0, 0.05) is 12.1 Å². The van der Waals surface area contributed by atoms with E-state index in [1.165, 1.54) is 11.1 Å². The Morgan fingerprint density at radius 2 is 2.22 bits per heavy atom. The molecule has 98 valence electrons. The minimum atomic E-state index is -0.736. The zero-order valence-corrected chi connectivity index (χ0v) is 11.1. The first-order valence-corrected chi connectivity index (χ1v) is 6.68. The lowest BCUT2D eigenvalue weighted by atomic mass is 10.0. The van der Waals surface area contributed by atoms with Gasteiger partial charge in [-0.3, -0.25) is 9.69 Å². The second kappa shape index (κ2) is 5.53. The van der Waals surface area contributed by atoms with Crippen LogP contribution < -0.4 is 0 Å². The first-order chi connectivity index (χ1) is 8.63. The highest BCUT2D eigenvalue weighted by Gasteiger charge is 2.31. The largest absolute Gasteiger partial charge is 0.480 e. The number of benzene rings is 1. The van der Waals surface area contributed by atoms with Crippen molar-refractivity contribution in [1.82, 2.24) is 4.90 Å². The zero-order valence-electron chi connectivity index (χ0n) is 11.1. The predicted molar refractivity (Wildman–Crippen MR) is 71.6 cm³/mol. The quantitative estimate of drug-likeness (QED) is 0.869. The van der Waals surface area contributed by atoms with Crippen LogP contribution in [0.4, 0.5) is 0 Å². The van der Waals surface area contributed by atoms with Crippen molar-refractivity contribution in [3.05, 3.63) is 35.4 Å². The Hall–Kier alpha value is -1.35. The lowest BCUT2D eigenvalue weighted by molar-refractivity contribution is -0.139. The van der Waals surface area contributed by atoms with Gasteiger partial charge in [-0.05, 0) is 37.3 Å². The van der Waals surface area contributed by atoms with Crippen LogP contribution in [0.5, 0.6) is 0 Å². The summed E-state index contributed by atoms with van der Waals surface area (Å²) in [7, 11) is 0. The number of aryl methyl sites for hydroxylation is 1. The summed E-state index contributed by atoms with van der Waals surface area (Å²) in [6.07, 6.45) is 3.08. The van der Waals surface area contributed by atoms with E-state index in [0.717, 1.165) is 19.3 Å². The molecule has 0 bridgehead atoms. The lowest BCUT2D eigenvalue weighted by Crippen LogP contribution is -2.39. The number of carbonyl (C=O) groups is 1. The Morgan fingerprint density at radius 3 is 2.89 bits per heavy atom. The van der Waals surface area contributed by atoms with Crippen molar-refractivity contribution in [3.63, 3.8) is 0 Å². The Balaban J connectivity index is 2.25. The van der Waals surface area contributed by atoms with Gasteiger partial charge in [0.05, 0.1) is 6.54 Å². The van der Waals surface area contributed by atoms with Gasteiger partial charge in [-0.2, -0.15) is 0 Å². The monoisotopic (exact) mass is 247 g/mol. The molecule has 0 spiro atoms. The maximum absolute atomic E-state index is 11.1. The van der Waals surface area contributed by atoms with Gasteiger partial charge in [-0.25, -0.2) is 0 Å². The fraction of sp³-hybridized carbons (Fsp3) is 0.533. The van der Waals surface area contributed by atoms with Crippen LogP contribution in [0, 0.1) is 0 Å². The number of hydrogen-bond acceptors (Lipinski definition) is 2. The molecule has 2 unspecified atom stereocenters. The van der Waals surface area contributed by atoms with E-state index in [-0.39, 0.29) is 12.6 Å². The molecule has 0 heterocycles. The van der Waals surface area contributed by atoms with Crippen LogP contribution >= 0.6 is 0 Å². The van der Waals surface area contributed by atoms with Crippen LogP contribution in [0.2, 0.25) is 0 Å². The highest BCUT2D eigenvalue weighted by Crippen LogP contribution is 2.36. The Labute approximate surface area is 108 Å². The first kappa shape index (κ1) is 13.1. The second-order valence-electron chi connectivity index (χ2n) is 5.08. The molecule has 2 rings (SSSR count). The molecule has 1 N–H and O–H groups in total. The third kappa shape index (κ3) is 2.56. The van der Waals surface area contributed by atoms with Crippen LogP contribution in [0.25, 0.3) is 0 Å². The zero-order chi connectivity index (χ0) is 13.1. The smallest absolute Gasteiger partial charge is 0.317 e. The molecule has 1 aromatic rings. The van der Waals surface area contributed by atoms with Crippen LogP contribution in [-0.2, 0) is 11.2 Å². The summed E-state index contributed by atoms with van der Waals surface area (Å²) in [5, 5.41) is 9.09. The molecular formula is C15H21NO2. The summed E-state index contributed by atoms with van der Waals surface area (Å²) < 4.78 is 0. The first-order valence-electron chi connectivity index (χ1n) is 6.68. The van der Waals surface area contributed by atoms with E-state index in [4.69, 9.17) is 5.11 Å². The topological polar surface area (TPSA) is 40.5 Å². The highest BCUT2D eigenvalue weighted by molar-refractivity contribution is 5.69. The van der Waals surface area contributed by atoms with Gasteiger partial charge >= 0.3 is 5.97 Å². The number of carboxylic acids is 1. The molecule has 0 saturated heterocycles. The average molecular weight is 247 g/mol. The summed E-state index contributed by atoms with van der Waals surface area (Å²) in [5.41, 5.74) is 2.69. The predicted octanol–water partition coefficient (Wildman–Crippen LogP) is 2.86. The van der Waals surface area contributed by atoms with Gasteiger partial charge in [0.25, 0.3) is 0 Å². The molecule has 3 nitrogen and oxygen atoms in total. The molecule has 0 radical (unpaired) electrons. The molecule has 0 amide bonds. The fourth-order valence-corrected chi connectivity index (χ4v) is 2.84. The van der Waals surface area contributed by atoms with E-state index in [1.807, 2.05) is 6.07 Å². The molecule has 1 aliphatic rings. The lowest BCUT2D eigenvalue weighted by Gasteiger charge is -2.33. The van der Waals surface area contributed by atoms with Gasteiger partial charge in [0.2, 0.25) is 0 Å². The Bertz CT molecular complexity index is 430. The number of fused-ring (bicyclic) bond motifs is 1. The van der Waals surface area contributed by atoms with Gasteiger partial charge in [0.15, 0.2) is 0 Å². The van der Waals surface area contributed by atoms with Crippen molar-refractivity contribution >= 4 is 5.97 Å². The van der Waals surface area contributed by atoms with Gasteiger partial charge in [-0.1, -0.05) is 31.2 Å². The van der Waals surface area contributed by atoms with Crippen molar-refractivity contribution in [3.8, 4) is 0 Å². The minimum absolute atomic E-state index is 0.133. The van der Waals surface area contributed by atoms with Gasteiger partial charge < -0.3 is 5.11 Å². The molecule has 2 atom stereocenters. The third-order valence-corrected chi connectivity index (χ3v) is 3.98. The molecule has 0 aliphatic heterocycles. The number of aliphatic carboxylic acids is 1. The highest BCUT2D eigenvalue weighted by atomic mass is 16.4. The second-order valence-corrected chi connectivity index (χ2v) is 5.08.